The quantitative estimate of drug-likeness (QED) is 0.867. The average Bonchev–Trinajstić information content (AvgIpc) is 2.80. The summed E-state index contributed by atoms with van der Waals surface area (Å²) in [7, 11) is 1.47. The number of likely N-dealkylation sites (N-methyl/N-ethyl adjacent to an activating group) is 1. The highest BCUT2D eigenvalue weighted by Gasteiger charge is 2.21. The lowest BCUT2D eigenvalue weighted by Crippen LogP contribution is -2.30. The molecule has 1 aromatic carbocycles. The molecule has 20 heavy (non-hydrogen) atoms. The molecule has 0 aliphatic heterocycles. The molecule has 7 heteroatoms. The highest BCUT2D eigenvalue weighted by atomic mass is 19.1. The highest BCUT2D eigenvalue weighted by Crippen LogP contribution is 2.20. The fourth-order valence-electron chi connectivity index (χ4n) is 1.71. The number of amides is 1. The number of aliphatic hydroxyl groups excluding tert-OH is 1. The first-order valence-electron chi connectivity index (χ1n) is 5.94. The second kappa shape index (κ2) is 5.70. The molecule has 0 radical (unpaired) electrons. The smallest absolute Gasteiger partial charge is 0.278 e. The number of aromatic nitrogens is 2. The Labute approximate surface area is 114 Å². The summed E-state index contributed by atoms with van der Waals surface area (Å²) in [4.78, 5) is 13.2. The van der Waals surface area contributed by atoms with E-state index in [1.54, 1.807) is 6.07 Å². The van der Waals surface area contributed by atoms with Crippen LogP contribution >= 0.6 is 0 Å². The number of carbonyl (C=O) groups is 1. The third-order valence-corrected chi connectivity index (χ3v) is 2.78. The molecule has 2 aromatic rings. The van der Waals surface area contributed by atoms with Crippen molar-refractivity contribution in [2.24, 2.45) is 0 Å². The molecule has 1 amide bonds. The molecule has 0 aliphatic rings. The van der Waals surface area contributed by atoms with Crippen LogP contribution in [0.1, 0.15) is 10.5 Å². The van der Waals surface area contributed by atoms with Gasteiger partial charge in [-0.2, -0.15) is 5.10 Å². The number of benzene rings is 1. The number of rotatable bonds is 4. The van der Waals surface area contributed by atoms with E-state index in [-0.39, 0.29) is 30.3 Å². The maximum atomic E-state index is 13.6. The monoisotopic (exact) mass is 279 g/mol. The fourth-order valence-corrected chi connectivity index (χ4v) is 1.71. The molecule has 0 spiro atoms. The Morgan fingerprint density at radius 3 is 2.80 bits per heavy atom. The van der Waals surface area contributed by atoms with Gasteiger partial charge in [-0.15, -0.1) is 0 Å². The zero-order chi connectivity index (χ0) is 14.7. The Balaban J connectivity index is 2.35. The molecule has 1 heterocycles. The van der Waals surface area contributed by atoms with Crippen LogP contribution in [0.15, 0.2) is 30.5 Å². The van der Waals surface area contributed by atoms with Crippen LogP contribution in [0.25, 0.3) is 5.69 Å². The minimum atomic E-state index is -0.549. The molecule has 2 N–H and O–H groups in total. The van der Waals surface area contributed by atoms with Gasteiger partial charge in [-0.1, -0.05) is 12.1 Å². The Morgan fingerprint density at radius 1 is 1.45 bits per heavy atom. The van der Waals surface area contributed by atoms with Crippen molar-refractivity contribution in [3.05, 3.63) is 42.0 Å². The van der Waals surface area contributed by atoms with Gasteiger partial charge in [-0.25, -0.2) is 9.07 Å². The van der Waals surface area contributed by atoms with Crippen molar-refractivity contribution in [3.63, 3.8) is 0 Å². The predicted molar refractivity (Wildman–Crippen MR) is 69.2 cm³/mol. The summed E-state index contributed by atoms with van der Waals surface area (Å²) >= 11 is 0. The van der Waals surface area contributed by atoms with E-state index in [9.17, 15) is 14.3 Å². The summed E-state index contributed by atoms with van der Waals surface area (Å²) in [5.41, 5.74) is -0.0594. The van der Waals surface area contributed by atoms with Crippen molar-refractivity contribution in [1.82, 2.24) is 14.7 Å². The van der Waals surface area contributed by atoms with Crippen molar-refractivity contribution in [1.29, 1.82) is 0 Å². The van der Waals surface area contributed by atoms with Crippen molar-refractivity contribution < 1.29 is 19.4 Å². The van der Waals surface area contributed by atoms with Crippen molar-refractivity contribution in [2.45, 2.75) is 0 Å². The molecular formula is C13H14FN3O3. The van der Waals surface area contributed by atoms with Gasteiger partial charge in [0.1, 0.15) is 11.5 Å². The van der Waals surface area contributed by atoms with Gasteiger partial charge < -0.3 is 15.1 Å². The van der Waals surface area contributed by atoms with Gasteiger partial charge in [0, 0.05) is 13.6 Å². The third kappa shape index (κ3) is 2.62. The summed E-state index contributed by atoms with van der Waals surface area (Å²) in [5, 5.41) is 22.4. The van der Waals surface area contributed by atoms with Gasteiger partial charge in [0.05, 0.1) is 12.8 Å². The summed E-state index contributed by atoms with van der Waals surface area (Å²) in [5.74, 6) is -1.41. The molecule has 106 valence electrons. The van der Waals surface area contributed by atoms with E-state index in [0.29, 0.717) is 0 Å². The number of nitrogens with zero attached hydrogens (tertiary/aromatic N) is 3. The summed E-state index contributed by atoms with van der Waals surface area (Å²) in [6, 6.07) is 5.89. The molecule has 0 bridgehead atoms. The number of para-hydroxylation sites is 1. The van der Waals surface area contributed by atoms with Crippen molar-refractivity contribution in [2.75, 3.05) is 20.2 Å². The number of hydrogen-bond acceptors (Lipinski definition) is 4. The lowest BCUT2D eigenvalue weighted by atomic mass is 10.3. The van der Waals surface area contributed by atoms with E-state index in [2.05, 4.69) is 5.10 Å². The van der Waals surface area contributed by atoms with Crippen LogP contribution < -0.4 is 0 Å². The van der Waals surface area contributed by atoms with E-state index in [1.165, 1.54) is 36.3 Å². The first-order valence-corrected chi connectivity index (χ1v) is 5.94. The SMILES string of the molecule is CN(CCO)C(=O)c1nn(-c2ccccc2F)cc1O. The van der Waals surface area contributed by atoms with Gasteiger partial charge in [0.15, 0.2) is 11.4 Å². The van der Waals surface area contributed by atoms with Gasteiger partial charge in [-0.05, 0) is 12.1 Å². The predicted octanol–water partition coefficient (Wildman–Crippen LogP) is 0.781. The van der Waals surface area contributed by atoms with Crippen molar-refractivity contribution in [3.8, 4) is 11.4 Å². The first kappa shape index (κ1) is 14.0. The second-order valence-corrected chi connectivity index (χ2v) is 4.21. The van der Waals surface area contributed by atoms with Gasteiger partial charge in [0.25, 0.3) is 5.91 Å². The van der Waals surface area contributed by atoms with Crippen LogP contribution in [-0.2, 0) is 0 Å². The number of halogens is 1. The van der Waals surface area contributed by atoms with Crippen LogP contribution in [-0.4, -0.2) is 51.0 Å². The number of aliphatic hydroxyl groups is 1. The van der Waals surface area contributed by atoms with E-state index in [1.807, 2.05) is 0 Å². The van der Waals surface area contributed by atoms with Crippen molar-refractivity contribution >= 4 is 5.91 Å². The maximum Gasteiger partial charge on any atom is 0.278 e. The Kier molecular flexibility index (Phi) is 3.99. The first-order chi connectivity index (χ1) is 9.54. The van der Waals surface area contributed by atoms with Gasteiger partial charge >= 0.3 is 0 Å². The van der Waals surface area contributed by atoms with Crippen LogP contribution in [0, 0.1) is 5.82 Å². The zero-order valence-corrected chi connectivity index (χ0v) is 10.8. The minimum Gasteiger partial charge on any atom is -0.504 e. The van der Waals surface area contributed by atoms with Gasteiger partial charge in [0.2, 0.25) is 0 Å². The van der Waals surface area contributed by atoms with E-state index >= 15 is 0 Å². The molecule has 0 saturated heterocycles. The molecule has 0 fully saturated rings. The standard InChI is InChI=1S/C13H14FN3O3/c1-16(6-7-18)13(20)12-11(19)8-17(15-12)10-5-3-2-4-9(10)14/h2-5,8,18-19H,6-7H2,1H3. The van der Waals surface area contributed by atoms with Crippen LogP contribution in [0.3, 0.4) is 0 Å². The molecule has 0 saturated carbocycles. The summed E-state index contributed by atoms with van der Waals surface area (Å²) < 4.78 is 14.7. The maximum absolute atomic E-state index is 13.6. The molecule has 1 aromatic heterocycles. The minimum absolute atomic E-state index is 0.116. The molecule has 0 unspecified atom stereocenters. The summed E-state index contributed by atoms with van der Waals surface area (Å²) in [6.07, 6.45) is 1.17. The molecule has 6 nitrogen and oxygen atoms in total. The van der Waals surface area contributed by atoms with E-state index < -0.39 is 11.7 Å². The number of hydrogen-bond donors (Lipinski definition) is 2. The molecule has 2 rings (SSSR count). The molecule has 0 aliphatic carbocycles. The molecular weight excluding hydrogens is 265 g/mol. The second-order valence-electron chi connectivity index (χ2n) is 4.21. The fraction of sp³-hybridized carbons (Fsp3) is 0.231. The lowest BCUT2D eigenvalue weighted by molar-refractivity contribution is 0.0757. The third-order valence-electron chi connectivity index (χ3n) is 2.78. The Bertz CT molecular complexity index is 627. The van der Waals surface area contributed by atoms with E-state index in [0.717, 1.165) is 4.68 Å². The Hall–Kier alpha value is -2.41. The Morgan fingerprint density at radius 2 is 2.15 bits per heavy atom. The van der Waals surface area contributed by atoms with E-state index in [4.69, 9.17) is 5.11 Å². The van der Waals surface area contributed by atoms with Gasteiger partial charge in [-0.3, -0.25) is 4.79 Å². The van der Waals surface area contributed by atoms with Crippen LogP contribution in [0.2, 0.25) is 0 Å². The van der Waals surface area contributed by atoms with Crippen LogP contribution in [0.5, 0.6) is 5.75 Å². The largest absolute Gasteiger partial charge is 0.504 e. The number of aromatic hydroxyl groups is 1. The summed E-state index contributed by atoms with van der Waals surface area (Å²) in [6.45, 7) is -0.0815. The zero-order valence-electron chi connectivity index (χ0n) is 10.8. The number of carbonyl (C=O) groups excluding carboxylic acids is 1. The highest BCUT2D eigenvalue weighted by molar-refractivity contribution is 5.94. The van der Waals surface area contributed by atoms with Crippen LogP contribution in [0.4, 0.5) is 4.39 Å². The lowest BCUT2D eigenvalue weighted by Gasteiger charge is -2.13. The molecule has 0 atom stereocenters. The topological polar surface area (TPSA) is 78.6 Å². The average molecular weight is 279 g/mol. The normalized spacial score (nSPS) is 10.6.